The van der Waals surface area contributed by atoms with Gasteiger partial charge in [-0.3, -0.25) is 4.79 Å². The summed E-state index contributed by atoms with van der Waals surface area (Å²) in [7, 11) is 1.57. The van der Waals surface area contributed by atoms with E-state index in [0.29, 0.717) is 24.4 Å². The number of nitrogens with one attached hydrogen (secondary N) is 2. The Bertz CT molecular complexity index is 792. The summed E-state index contributed by atoms with van der Waals surface area (Å²) in [6.07, 6.45) is 1.97. The Balaban J connectivity index is 1.89. The number of carbonyl (C=O) groups is 1. The van der Waals surface area contributed by atoms with Gasteiger partial charge in [0.05, 0.1) is 7.11 Å². The van der Waals surface area contributed by atoms with E-state index in [4.69, 9.17) is 10.00 Å². The number of phenols is 1. The molecule has 128 valence electrons. The van der Waals surface area contributed by atoms with Gasteiger partial charge in [-0.1, -0.05) is 18.2 Å². The molecule has 0 saturated carbocycles. The van der Waals surface area contributed by atoms with E-state index in [2.05, 4.69) is 10.6 Å². The average Bonchev–Trinajstić information content (AvgIpc) is 2.64. The molecule has 1 amide bonds. The van der Waals surface area contributed by atoms with E-state index in [1.54, 1.807) is 55.6 Å². The lowest BCUT2D eigenvalue weighted by Crippen LogP contribution is -2.27. The van der Waals surface area contributed by atoms with Crippen molar-refractivity contribution in [1.29, 1.82) is 5.26 Å². The van der Waals surface area contributed by atoms with Crippen LogP contribution in [0.5, 0.6) is 11.5 Å². The van der Waals surface area contributed by atoms with Crippen LogP contribution in [0, 0.1) is 11.3 Å². The second-order valence-electron chi connectivity index (χ2n) is 5.22. The predicted octanol–water partition coefficient (Wildman–Crippen LogP) is 2.58. The van der Waals surface area contributed by atoms with Gasteiger partial charge < -0.3 is 20.5 Å². The Kier molecular flexibility index (Phi) is 6.43. The molecule has 2 aromatic rings. The molecule has 6 nitrogen and oxygen atoms in total. The summed E-state index contributed by atoms with van der Waals surface area (Å²) in [5, 5.41) is 24.0. The van der Waals surface area contributed by atoms with Gasteiger partial charge in [-0.15, -0.1) is 0 Å². The Morgan fingerprint density at radius 2 is 2.04 bits per heavy atom. The number of hydrogen-bond donors (Lipinski definition) is 3. The summed E-state index contributed by atoms with van der Waals surface area (Å²) in [5.74, 6) is 0.429. The van der Waals surface area contributed by atoms with Crippen molar-refractivity contribution in [3.63, 3.8) is 0 Å². The van der Waals surface area contributed by atoms with Crippen LogP contribution in [0.15, 0.2) is 60.3 Å². The van der Waals surface area contributed by atoms with Gasteiger partial charge in [0.15, 0.2) is 0 Å². The van der Waals surface area contributed by atoms with E-state index in [1.807, 2.05) is 6.07 Å². The van der Waals surface area contributed by atoms with Gasteiger partial charge in [-0.05, 0) is 36.2 Å². The number of nitrogens with zero attached hydrogens (tertiary/aromatic N) is 1. The molecule has 0 aliphatic carbocycles. The van der Waals surface area contributed by atoms with Crippen molar-refractivity contribution < 1.29 is 14.6 Å². The number of aromatic hydroxyl groups is 1. The summed E-state index contributed by atoms with van der Waals surface area (Å²) in [6.45, 7) is 0.391. The third kappa shape index (κ3) is 5.59. The maximum absolute atomic E-state index is 12.1. The SMILES string of the molecule is COc1cccc(N/C=C(/C#N)C(=O)NCCc2ccc(O)cc2)c1. The molecule has 0 saturated heterocycles. The first kappa shape index (κ1) is 17.9. The van der Waals surface area contributed by atoms with Crippen molar-refractivity contribution in [3.8, 4) is 17.6 Å². The second-order valence-corrected chi connectivity index (χ2v) is 5.22. The molecule has 0 radical (unpaired) electrons. The molecular weight excluding hydrogens is 318 g/mol. The Labute approximate surface area is 146 Å². The molecule has 0 aliphatic rings. The van der Waals surface area contributed by atoms with Gasteiger partial charge in [-0.2, -0.15) is 5.26 Å². The fourth-order valence-electron chi connectivity index (χ4n) is 2.10. The zero-order valence-electron chi connectivity index (χ0n) is 13.8. The minimum atomic E-state index is -0.448. The number of nitriles is 1. The third-order valence-electron chi connectivity index (χ3n) is 3.45. The Hall–Kier alpha value is -3.46. The molecule has 0 aliphatic heterocycles. The summed E-state index contributed by atoms with van der Waals surface area (Å²) < 4.78 is 5.12. The standard InChI is InChI=1S/C19H19N3O3/c1-25-18-4-2-3-16(11-18)22-13-15(12-20)19(24)21-10-9-14-5-7-17(23)8-6-14/h2-8,11,13,22-23H,9-10H2,1H3,(H,21,24)/b15-13-. The topological polar surface area (TPSA) is 94.4 Å². The van der Waals surface area contributed by atoms with E-state index in [-0.39, 0.29) is 11.3 Å². The molecular formula is C19H19N3O3. The molecule has 2 aromatic carbocycles. The molecule has 0 spiro atoms. The number of methoxy groups -OCH3 is 1. The first-order chi connectivity index (χ1) is 12.1. The fraction of sp³-hybridized carbons (Fsp3) is 0.158. The largest absolute Gasteiger partial charge is 0.508 e. The van der Waals surface area contributed by atoms with Gasteiger partial charge in [0.2, 0.25) is 0 Å². The average molecular weight is 337 g/mol. The van der Waals surface area contributed by atoms with Gasteiger partial charge in [0.25, 0.3) is 5.91 Å². The smallest absolute Gasteiger partial charge is 0.263 e. The number of ether oxygens (including phenoxy) is 1. The molecule has 0 atom stereocenters. The number of hydrogen-bond acceptors (Lipinski definition) is 5. The zero-order chi connectivity index (χ0) is 18.1. The molecule has 0 heterocycles. The monoisotopic (exact) mass is 337 g/mol. The van der Waals surface area contributed by atoms with Gasteiger partial charge >= 0.3 is 0 Å². The molecule has 6 heteroatoms. The summed E-state index contributed by atoms with van der Waals surface area (Å²) in [4.78, 5) is 12.1. The molecule has 2 rings (SSSR count). The first-order valence-corrected chi connectivity index (χ1v) is 7.69. The normalized spacial score (nSPS) is 10.6. The van der Waals surface area contributed by atoms with Gasteiger partial charge in [-0.25, -0.2) is 0 Å². The van der Waals surface area contributed by atoms with E-state index in [1.165, 1.54) is 6.20 Å². The summed E-state index contributed by atoms with van der Waals surface area (Å²) in [5.41, 5.74) is 1.67. The number of rotatable bonds is 7. The van der Waals surface area contributed by atoms with Crippen LogP contribution in [0.25, 0.3) is 0 Å². The van der Waals surface area contributed by atoms with Crippen molar-refractivity contribution in [3.05, 3.63) is 65.9 Å². The lowest BCUT2D eigenvalue weighted by Gasteiger charge is -2.06. The zero-order valence-corrected chi connectivity index (χ0v) is 13.8. The van der Waals surface area contributed by atoms with Gasteiger partial charge in [0.1, 0.15) is 23.1 Å². The third-order valence-corrected chi connectivity index (χ3v) is 3.45. The molecule has 0 fully saturated rings. The number of phenolic OH excluding ortho intramolecular Hbond substituents is 1. The maximum atomic E-state index is 12.1. The van der Waals surface area contributed by atoms with Crippen molar-refractivity contribution in [1.82, 2.24) is 5.32 Å². The number of carbonyl (C=O) groups excluding carboxylic acids is 1. The number of benzene rings is 2. The first-order valence-electron chi connectivity index (χ1n) is 7.69. The van der Waals surface area contributed by atoms with Crippen LogP contribution in [0.3, 0.4) is 0 Å². The van der Waals surface area contributed by atoms with Crippen LogP contribution in [0.2, 0.25) is 0 Å². The van der Waals surface area contributed by atoms with Crippen LogP contribution < -0.4 is 15.4 Å². The van der Waals surface area contributed by atoms with Crippen molar-refractivity contribution in [2.24, 2.45) is 0 Å². The molecule has 0 bridgehead atoms. The van der Waals surface area contributed by atoms with Crippen LogP contribution in [-0.2, 0) is 11.2 Å². The highest BCUT2D eigenvalue weighted by Gasteiger charge is 2.08. The Morgan fingerprint density at radius 1 is 1.28 bits per heavy atom. The minimum Gasteiger partial charge on any atom is -0.508 e. The summed E-state index contributed by atoms with van der Waals surface area (Å²) >= 11 is 0. The van der Waals surface area contributed by atoms with Gasteiger partial charge in [0, 0.05) is 24.5 Å². The van der Waals surface area contributed by atoms with E-state index < -0.39 is 5.91 Å². The predicted molar refractivity (Wildman–Crippen MR) is 95.1 cm³/mol. The number of amides is 1. The molecule has 0 unspecified atom stereocenters. The van der Waals surface area contributed by atoms with Crippen LogP contribution in [0.1, 0.15) is 5.56 Å². The lowest BCUT2D eigenvalue weighted by atomic mass is 10.1. The molecule has 3 N–H and O–H groups in total. The summed E-state index contributed by atoms with van der Waals surface area (Å²) in [6, 6.07) is 15.8. The minimum absolute atomic E-state index is 0.0199. The highest BCUT2D eigenvalue weighted by molar-refractivity contribution is 5.97. The molecule has 0 aromatic heterocycles. The lowest BCUT2D eigenvalue weighted by molar-refractivity contribution is -0.117. The molecule has 25 heavy (non-hydrogen) atoms. The quantitative estimate of drug-likeness (QED) is 0.533. The maximum Gasteiger partial charge on any atom is 0.263 e. The Morgan fingerprint density at radius 3 is 2.72 bits per heavy atom. The van der Waals surface area contributed by atoms with Crippen molar-refractivity contribution in [2.45, 2.75) is 6.42 Å². The highest BCUT2D eigenvalue weighted by Crippen LogP contribution is 2.16. The van der Waals surface area contributed by atoms with E-state index >= 15 is 0 Å². The van der Waals surface area contributed by atoms with E-state index in [9.17, 15) is 9.90 Å². The number of anilines is 1. The van der Waals surface area contributed by atoms with Crippen molar-refractivity contribution >= 4 is 11.6 Å². The van der Waals surface area contributed by atoms with Crippen LogP contribution >= 0.6 is 0 Å². The highest BCUT2D eigenvalue weighted by atomic mass is 16.5. The van der Waals surface area contributed by atoms with Crippen LogP contribution in [0.4, 0.5) is 5.69 Å². The van der Waals surface area contributed by atoms with E-state index in [0.717, 1.165) is 5.56 Å². The van der Waals surface area contributed by atoms with Crippen molar-refractivity contribution in [2.75, 3.05) is 19.0 Å². The fourth-order valence-corrected chi connectivity index (χ4v) is 2.10. The second kappa shape index (κ2) is 8.99. The van der Waals surface area contributed by atoms with Crippen LogP contribution in [-0.4, -0.2) is 24.7 Å².